The summed E-state index contributed by atoms with van der Waals surface area (Å²) in [5.41, 5.74) is 1.94. The highest BCUT2D eigenvalue weighted by atomic mass is 16.5. The van der Waals surface area contributed by atoms with Crippen LogP contribution in [0.25, 0.3) is 22.1 Å². The SMILES string of the molecule is CCC[C@H](NC(=O)COc1ccc2c(-c3ccc(OC)cc3)cc(=O)oc2c1C)C(=O)O. The molecular formula is C24H25NO7. The van der Waals surface area contributed by atoms with E-state index in [1.165, 1.54) is 6.07 Å². The van der Waals surface area contributed by atoms with Crippen LogP contribution in [0, 0.1) is 6.92 Å². The molecule has 1 aromatic heterocycles. The molecule has 2 aromatic carbocycles. The van der Waals surface area contributed by atoms with Gasteiger partial charge < -0.3 is 24.3 Å². The number of ether oxygens (including phenoxy) is 2. The third-order valence-corrected chi connectivity index (χ3v) is 5.08. The summed E-state index contributed by atoms with van der Waals surface area (Å²) in [7, 11) is 1.58. The number of methoxy groups -OCH3 is 1. The smallest absolute Gasteiger partial charge is 0.336 e. The molecule has 8 nitrogen and oxygen atoms in total. The van der Waals surface area contributed by atoms with Gasteiger partial charge in [-0.25, -0.2) is 9.59 Å². The number of rotatable bonds is 9. The van der Waals surface area contributed by atoms with Gasteiger partial charge in [0.2, 0.25) is 0 Å². The summed E-state index contributed by atoms with van der Waals surface area (Å²) in [4.78, 5) is 35.6. The van der Waals surface area contributed by atoms with Gasteiger partial charge in [-0.1, -0.05) is 25.5 Å². The van der Waals surface area contributed by atoms with Crippen LogP contribution in [-0.2, 0) is 9.59 Å². The molecular weight excluding hydrogens is 414 g/mol. The predicted molar refractivity (Wildman–Crippen MR) is 119 cm³/mol. The lowest BCUT2D eigenvalue weighted by atomic mass is 10.00. The van der Waals surface area contributed by atoms with Crippen molar-refractivity contribution in [2.24, 2.45) is 0 Å². The fraction of sp³-hybridized carbons (Fsp3) is 0.292. The van der Waals surface area contributed by atoms with E-state index in [-0.39, 0.29) is 6.61 Å². The van der Waals surface area contributed by atoms with Crippen molar-refractivity contribution >= 4 is 22.8 Å². The molecule has 32 heavy (non-hydrogen) atoms. The number of aryl methyl sites for hydroxylation is 1. The molecule has 0 bridgehead atoms. The van der Waals surface area contributed by atoms with Crippen molar-refractivity contribution in [3.05, 3.63) is 58.4 Å². The first-order valence-electron chi connectivity index (χ1n) is 10.2. The van der Waals surface area contributed by atoms with Gasteiger partial charge in [-0.2, -0.15) is 0 Å². The molecule has 168 valence electrons. The van der Waals surface area contributed by atoms with Gasteiger partial charge in [-0.3, -0.25) is 4.79 Å². The fourth-order valence-electron chi connectivity index (χ4n) is 3.43. The van der Waals surface area contributed by atoms with Crippen LogP contribution >= 0.6 is 0 Å². The summed E-state index contributed by atoms with van der Waals surface area (Å²) >= 11 is 0. The molecule has 0 fully saturated rings. The molecule has 8 heteroatoms. The van der Waals surface area contributed by atoms with Gasteiger partial charge in [0.25, 0.3) is 5.91 Å². The van der Waals surface area contributed by atoms with Gasteiger partial charge in [0.1, 0.15) is 23.1 Å². The highest BCUT2D eigenvalue weighted by molar-refractivity contribution is 5.95. The van der Waals surface area contributed by atoms with E-state index in [2.05, 4.69) is 5.32 Å². The second kappa shape index (κ2) is 10.00. The molecule has 0 unspecified atom stereocenters. The number of carbonyl (C=O) groups excluding carboxylic acids is 1. The number of hydrogen-bond donors (Lipinski definition) is 2. The highest BCUT2D eigenvalue weighted by Crippen LogP contribution is 2.33. The Morgan fingerprint density at radius 3 is 2.50 bits per heavy atom. The molecule has 3 rings (SSSR count). The monoisotopic (exact) mass is 439 g/mol. The van der Waals surface area contributed by atoms with Crippen molar-refractivity contribution in [3.8, 4) is 22.6 Å². The Balaban J connectivity index is 1.86. The summed E-state index contributed by atoms with van der Waals surface area (Å²) < 4.78 is 16.2. The third kappa shape index (κ3) is 5.08. The number of fused-ring (bicyclic) bond motifs is 1. The lowest BCUT2D eigenvalue weighted by Crippen LogP contribution is -2.42. The van der Waals surface area contributed by atoms with Gasteiger partial charge in [0.05, 0.1) is 7.11 Å². The van der Waals surface area contributed by atoms with Gasteiger partial charge in [-0.15, -0.1) is 0 Å². The van der Waals surface area contributed by atoms with Crippen LogP contribution in [0.15, 0.2) is 51.7 Å². The summed E-state index contributed by atoms with van der Waals surface area (Å²) in [6.07, 6.45) is 0.951. The van der Waals surface area contributed by atoms with E-state index in [4.69, 9.17) is 13.9 Å². The van der Waals surface area contributed by atoms with Gasteiger partial charge in [-0.05, 0) is 48.7 Å². The molecule has 0 spiro atoms. The number of carbonyl (C=O) groups is 2. The number of carboxylic acids is 1. The van der Waals surface area contributed by atoms with E-state index in [0.717, 1.165) is 10.9 Å². The number of hydrogen-bond acceptors (Lipinski definition) is 6. The van der Waals surface area contributed by atoms with Gasteiger partial charge in [0, 0.05) is 17.0 Å². The molecule has 0 aliphatic carbocycles. The Kier molecular flexibility index (Phi) is 7.14. The van der Waals surface area contributed by atoms with E-state index in [0.29, 0.717) is 41.1 Å². The molecule has 0 aliphatic rings. The zero-order valence-electron chi connectivity index (χ0n) is 18.1. The fourth-order valence-corrected chi connectivity index (χ4v) is 3.43. The minimum Gasteiger partial charge on any atom is -0.497 e. The molecule has 1 heterocycles. The average Bonchev–Trinajstić information content (AvgIpc) is 2.78. The maximum absolute atomic E-state index is 12.2. The molecule has 1 atom stereocenters. The van der Waals surface area contributed by atoms with Crippen LogP contribution in [0.2, 0.25) is 0 Å². The van der Waals surface area contributed by atoms with Crippen molar-refractivity contribution in [3.63, 3.8) is 0 Å². The number of benzene rings is 2. The zero-order valence-corrected chi connectivity index (χ0v) is 18.1. The largest absolute Gasteiger partial charge is 0.497 e. The summed E-state index contributed by atoms with van der Waals surface area (Å²) in [5, 5.41) is 12.3. The maximum Gasteiger partial charge on any atom is 0.336 e. The van der Waals surface area contributed by atoms with Crippen LogP contribution in [0.1, 0.15) is 25.3 Å². The molecule has 0 radical (unpaired) electrons. The van der Waals surface area contributed by atoms with Crippen molar-refractivity contribution in [2.75, 3.05) is 13.7 Å². The molecule has 1 amide bonds. The van der Waals surface area contributed by atoms with Crippen LogP contribution in [0.3, 0.4) is 0 Å². The summed E-state index contributed by atoms with van der Waals surface area (Å²) in [6, 6.07) is 11.2. The molecule has 0 saturated heterocycles. The first-order valence-corrected chi connectivity index (χ1v) is 10.2. The van der Waals surface area contributed by atoms with E-state index >= 15 is 0 Å². The minimum absolute atomic E-state index is 0.329. The number of aliphatic carboxylic acids is 1. The highest BCUT2D eigenvalue weighted by Gasteiger charge is 2.19. The second-order valence-corrected chi connectivity index (χ2v) is 7.31. The van der Waals surface area contributed by atoms with Crippen molar-refractivity contribution < 1.29 is 28.6 Å². The Hall–Kier alpha value is -3.81. The number of carboxylic acid groups (broad SMARTS) is 1. The molecule has 0 saturated carbocycles. The molecule has 2 N–H and O–H groups in total. The molecule has 3 aromatic rings. The van der Waals surface area contributed by atoms with Gasteiger partial charge in [0.15, 0.2) is 6.61 Å². The number of nitrogens with one attached hydrogen (secondary N) is 1. The normalized spacial score (nSPS) is 11.7. The Bertz CT molecular complexity index is 1180. The van der Waals surface area contributed by atoms with E-state index in [1.54, 1.807) is 26.2 Å². The van der Waals surface area contributed by atoms with Crippen molar-refractivity contribution in [1.29, 1.82) is 0 Å². The summed E-state index contributed by atoms with van der Waals surface area (Å²) in [6.45, 7) is 3.21. The Morgan fingerprint density at radius 2 is 1.88 bits per heavy atom. The topological polar surface area (TPSA) is 115 Å². The summed E-state index contributed by atoms with van der Waals surface area (Å²) in [5.74, 6) is -0.561. The zero-order chi connectivity index (χ0) is 23.3. The third-order valence-electron chi connectivity index (χ3n) is 5.08. The Labute approximate surface area is 184 Å². The van der Waals surface area contributed by atoms with Crippen LogP contribution in [0.5, 0.6) is 11.5 Å². The second-order valence-electron chi connectivity index (χ2n) is 7.31. The maximum atomic E-state index is 12.2. The molecule has 0 aliphatic heterocycles. The van der Waals surface area contributed by atoms with E-state index < -0.39 is 23.5 Å². The van der Waals surface area contributed by atoms with Crippen molar-refractivity contribution in [2.45, 2.75) is 32.7 Å². The quantitative estimate of drug-likeness (QED) is 0.490. The lowest BCUT2D eigenvalue weighted by molar-refractivity contribution is -0.142. The minimum atomic E-state index is -1.09. The number of amides is 1. The predicted octanol–water partition coefficient (Wildman–Crippen LogP) is 3.53. The van der Waals surface area contributed by atoms with Gasteiger partial charge >= 0.3 is 11.6 Å². The first-order chi connectivity index (χ1) is 15.3. The van der Waals surface area contributed by atoms with Crippen LogP contribution in [-0.4, -0.2) is 36.7 Å². The van der Waals surface area contributed by atoms with Crippen molar-refractivity contribution in [1.82, 2.24) is 5.32 Å². The average molecular weight is 439 g/mol. The lowest BCUT2D eigenvalue weighted by Gasteiger charge is -2.15. The van der Waals surface area contributed by atoms with Crippen LogP contribution in [0.4, 0.5) is 0 Å². The Morgan fingerprint density at radius 1 is 1.16 bits per heavy atom. The standard InChI is InChI=1S/C24H25NO7/c1-4-5-19(24(28)29)25-21(26)13-31-20-11-10-17-18(12-22(27)32-23(17)14(20)2)15-6-8-16(30-3)9-7-15/h6-12,19H,4-5,13H2,1-3H3,(H,25,26)(H,28,29)/t19-/m0/s1. The van der Waals surface area contributed by atoms with Crippen LogP contribution < -0.4 is 20.4 Å². The van der Waals surface area contributed by atoms with E-state index in [1.807, 2.05) is 31.2 Å². The van der Waals surface area contributed by atoms with E-state index in [9.17, 15) is 19.5 Å². The first kappa shape index (κ1) is 22.9.